The van der Waals surface area contributed by atoms with Gasteiger partial charge in [-0.3, -0.25) is 9.59 Å². The zero-order valence-electron chi connectivity index (χ0n) is 18.3. The molecule has 0 spiro atoms. The van der Waals surface area contributed by atoms with Crippen LogP contribution >= 0.6 is 11.8 Å². The fourth-order valence-corrected chi connectivity index (χ4v) is 4.18. The molecular formula is C28H23N3O2S. The van der Waals surface area contributed by atoms with Crippen LogP contribution < -0.4 is 10.6 Å². The van der Waals surface area contributed by atoms with E-state index in [-0.39, 0.29) is 17.5 Å². The summed E-state index contributed by atoms with van der Waals surface area (Å²) < 4.78 is 0. The molecule has 168 valence electrons. The number of thioether (sulfide) groups is 1. The molecular weight excluding hydrogens is 442 g/mol. The number of pyridine rings is 1. The molecule has 0 aliphatic carbocycles. The van der Waals surface area contributed by atoms with Crippen molar-refractivity contribution in [2.24, 2.45) is 0 Å². The van der Waals surface area contributed by atoms with E-state index in [4.69, 9.17) is 0 Å². The number of amides is 2. The van der Waals surface area contributed by atoms with Crippen LogP contribution in [-0.2, 0) is 11.3 Å². The van der Waals surface area contributed by atoms with E-state index in [0.29, 0.717) is 22.0 Å². The normalized spacial score (nSPS) is 11.3. The molecule has 4 aromatic rings. The molecule has 6 heteroatoms. The fourth-order valence-electron chi connectivity index (χ4n) is 3.21. The minimum Gasteiger partial charge on any atom is -0.347 e. The molecule has 0 aliphatic rings. The highest BCUT2D eigenvalue weighted by Crippen LogP contribution is 2.35. The van der Waals surface area contributed by atoms with Gasteiger partial charge in [-0.05, 0) is 35.4 Å². The van der Waals surface area contributed by atoms with Gasteiger partial charge < -0.3 is 10.6 Å². The second kappa shape index (κ2) is 11.6. The highest BCUT2D eigenvalue weighted by atomic mass is 32.2. The molecule has 34 heavy (non-hydrogen) atoms. The van der Waals surface area contributed by atoms with Crippen LogP contribution in [0.15, 0.2) is 126 Å². The van der Waals surface area contributed by atoms with Crippen molar-refractivity contribution in [2.75, 3.05) is 0 Å². The van der Waals surface area contributed by atoms with Crippen LogP contribution in [0.2, 0.25) is 0 Å². The first-order chi connectivity index (χ1) is 16.7. The Balaban J connectivity index is 1.74. The molecule has 3 aromatic carbocycles. The van der Waals surface area contributed by atoms with Crippen LogP contribution in [0, 0.1) is 0 Å². The Morgan fingerprint density at radius 3 is 1.91 bits per heavy atom. The highest BCUT2D eigenvalue weighted by molar-refractivity contribution is 8.08. The Morgan fingerprint density at radius 2 is 1.29 bits per heavy atom. The zero-order chi connectivity index (χ0) is 23.6. The summed E-state index contributed by atoms with van der Waals surface area (Å²) in [5.74, 6) is -0.740. The molecule has 0 unspecified atom stereocenters. The van der Waals surface area contributed by atoms with Gasteiger partial charge in [0.15, 0.2) is 0 Å². The highest BCUT2D eigenvalue weighted by Gasteiger charge is 2.21. The maximum atomic E-state index is 13.5. The van der Waals surface area contributed by atoms with Gasteiger partial charge in [0.05, 0.1) is 4.91 Å². The summed E-state index contributed by atoms with van der Waals surface area (Å²) in [5, 5.41) is 6.53. The molecule has 5 nitrogen and oxygen atoms in total. The van der Waals surface area contributed by atoms with E-state index in [1.54, 1.807) is 30.5 Å². The number of nitrogens with zero attached hydrogens (tertiary/aromatic N) is 1. The molecule has 0 atom stereocenters. The lowest BCUT2D eigenvalue weighted by Gasteiger charge is -2.17. The molecule has 0 saturated heterocycles. The molecule has 4 rings (SSSR count). The summed E-state index contributed by atoms with van der Waals surface area (Å²) in [6.07, 6.45) is 1.70. The Kier molecular flexibility index (Phi) is 7.87. The third-order valence-electron chi connectivity index (χ3n) is 4.90. The summed E-state index contributed by atoms with van der Waals surface area (Å²) in [5.41, 5.74) is 2.40. The van der Waals surface area contributed by atoms with E-state index in [1.807, 2.05) is 84.9 Å². The van der Waals surface area contributed by atoms with E-state index in [2.05, 4.69) is 15.6 Å². The van der Waals surface area contributed by atoms with E-state index in [1.165, 1.54) is 11.8 Å². The Morgan fingerprint density at radius 1 is 0.706 bits per heavy atom. The number of aromatic nitrogens is 1. The number of hydrogen-bond acceptors (Lipinski definition) is 4. The van der Waals surface area contributed by atoms with Crippen LogP contribution in [0.4, 0.5) is 0 Å². The third kappa shape index (κ3) is 6.21. The number of hydrogen-bond donors (Lipinski definition) is 2. The van der Waals surface area contributed by atoms with Gasteiger partial charge in [0.1, 0.15) is 10.7 Å². The van der Waals surface area contributed by atoms with Crippen molar-refractivity contribution in [3.05, 3.63) is 138 Å². The monoisotopic (exact) mass is 465 g/mol. The van der Waals surface area contributed by atoms with Crippen molar-refractivity contribution >= 4 is 28.5 Å². The number of carbonyl (C=O) groups is 2. The smallest absolute Gasteiger partial charge is 0.269 e. The Bertz CT molecular complexity index is 1260. The average molecular weight is 466 g/mol. The molecule has 0 saturated carbocycles. The minimum absolute atomic E-state index is 0.173. The lowest BCUT2D eigenvalue weighted by molar-refractivity contribution is -0.117. The summed E-state index contributed by atoms with van der Waals surface area (Å²) >= 11 is 1.33. The van der Waals surface area contributed by atoms with Crippen LogP contribution in [0.1, 0.15) is 21.5 Å². The first kappa shape index (κ1) is 23.0. The molecule has 0 fully saturated rings. The quantitative estimate of drug-likeness (QED) is 0.274. The fraction of sp³-hybridized carbons (Fsp3) is 0.0357. The molecule has 2 N–H and O–H groups in total. The van der Waals surface area contributed by atoms with Gasteiger partial charge in [0.2, 0.25) is 0 Å². The largest absolute Gasteiger partial charge is 0.347 e. The predicted octanol–water partition coefficient (Wildman–Crippen LogP) is 5.29. The van der Waals surface area contributed by atoms with Gasteiger partial charge in [-0.15, -0.1) is 0 Å². The number of benzene rings is 3. The lowest BCUT2D eigenvalue weighted by Crippen LogP contribution is -2.35. The van der Waals surface area contributed by atoms with E-state index < -0.39 is 0 Å². The first-order valence-corrected chi connectivity index (χ1v) is 11.6. The average Bonchev–Trinajstić information content (AvgIpc) is 2.91. The Labute approximate surface area is 203 Å². The van der Waals surface area contributed by atoms with Gasteiger partial charge in [0, 0.05) is 18.3 Å². The van der Waals surface area contributed by atoms with Crippen molar-refractivity contribution in [3.63, 3.8) is 0 Å². The standard InChI is InChI=1S/C28H23N3O2S/c32-27(23-16-8-3-9-17-23)31-25(28(33)30-20-21-12-4-1-5-13-21)26(22-14-6-2-7-15-22)34-24-18-10-11-19-29-24/h1-19H,20H2,(H,30,33)(H,31,32)/b26-25+. The SMILES string of the molecule is O=C(NCc1ccccc1)/C(NC(=O)c1ccccc1)=C(\Sc1ccccn1)c1ccccc1. The van der Waals surface area contributed by atoms with Gasteiger partial charge >= 0.3 is 0 Å². The van der Waals surface area contributed by atoms with E-state index in [9.17, 15) is 9.59 Å². The molecule has 0 aliphatic heterocycles. The van der Waals surface area contributed by atoms with Crippen molar-refractivity contribution in [2.45, 2.75) is 11.6 Å². The number of nitrogens with one attached hydrogen (secondary N) is 2. The molecule has 1 heterocycles. The maximum Gasteiger partial charge on any atom is 0.269 e. The third-order valence-corrected chi connectivity index (χ3v) is 6.00. The zero-order valence-corrected chi connectivity index (χ0v) is 19.2. The summed E-state index contributed by atoms with van der Waals surface area (Å²) in [7, 11) is 0. The molecule has 1 aromatic heterocycles. The van der Waals surface area contributed by atoms with E-state index in [0.717, 1.165) is 11.1 Å². The van der Waals surface area contributed by atoms with Gasteiger partial charge in [-0.25, -0.2) is 4.98 Å². The Hall–Kier alpha value is -4.16. The number of rotatable bonds is 8. The van der Waals surface area contributed by atoms with Crippen LogP contribution in [0.25, 0.3) is 4.91 Å². The summed E-state index contributed by atoms with van der Waals surface area (Å²) in [6.45, 7) is 0.334. The van der Waals surface area contributed by atoms with Crippen LogP contribution in [0.3, 0.4) is 0 Å². The number of carbonyl (C=O) groups excluding carboxylic acids is 2. The molecule has 0 bridgehead atoms. The lowest BCUT2D eigenvalue weighted by atomic mass is 10.1. The van der Waals surface area contributed by atoms with Gasteiger partial charge in [-0.1, -0.05) is 96.7 Å². The minimum atomic E-state index is -0.379. The van der Waals surface area contributed by atoms with Gasteiger partial charge in [0.25, 0.3) is 11.8 Å². The molecule has 0 radical (unpaired) electrons. The molecule has 2 amide bonds. The first-order valence-electron chi connectivity index (χ1n) is 10.8. The second-order valence-electron chi connectivity index (χ2n) is 7.33. The van der Waals surface area contributed by atoms with Crippen molar-refractivity contribution < 1.29 is 9.59 Å². The summed E-state index contributed by atoms with van der Waals surface area (Å²) in [6, 6.07) is 33.6. The van der Waals surface area contributed by atoms with Crippen molar-refractivity contribution in [1.29, 1.82) is 0 Å². The maximum absolute atomic E-state index is 13.5. The van der Waals surface area contributed by atoms with Crippen molar-refractivity contribution in [3.8, 4) is 0 Å². The van der Waals surface area contributed by atoms with Crippen LogP contribution in [-0.4, -0.2) is 16.8 Å². The predicted molar refractivity (Wildman–Crippen MR) is 136 cm³/mol. The van der Waals surface area contributed by atoms with Crippen LogP contribution in [0.5, 0.6) is 0 Å². The van der Waals surface area contributed by atoms with Crippen molar-refractivity contribution in [1.82, 2.24) is 15.6 Å². The second-order valence-corrected chi connectivity index (χ2v) is 8.36. The van der Waals surface area contributed by atoms with E-state index >= 15 is 0 Å². The van der Waals surface area contributed by atoms with Gasteiger partial charge in [-0.2, -0.15) is 0 Å². The topological polar surface area (TPSA) is 71.1 Å². The summed E-state index contributed by atoms with van der Waals surface area (Å²) in [4.78, 5) is 31.5.